The number of hydrogen-bond donors (Lipinski definition) is 3. The molecule has 3 heteroatoms. The lowest BCUT2D eigenvalue weighted by molar-refractivity contribution is -0.0114. The zero-order valence-corrected chi connectivity index (χ0v) is 9.19. The minimum Gasteiger partial charge on any atom is -0.508 e. The van der Waals surface area contributed by atoms with E-state index < -0.39 is 5.60 Å². The van der Waals surface area contributed by atoms with Gasteiger partial charge in [-0.15, -0.1) is 0 Å². The zero-order valence-electron chi connectivity index (χ0n) is 9.19. The lowest BCUT2D eigenvalue weighted by Gasteiger charge is -2.37. The Labute approximate surface area is 95.1 Å². The van der Waals surface area contributed by atoms with Crippen LogP contribution in [0.2, 0.25) is 0 Å². The number of aromatic hydroxyl groups is 1. The fourth-order valence-electron chi connectivity index (χ4n) is 3.13. The summed E-state index contributed by atoms with van der Waals surface area (Å²) in [5, 5.41) is 23.5. The van der Waals surface area contributed by atoms with Crippen molar-refractivity contribution in [2.75, 3.05) is 0 Å². The van der Waals surface area contributed by atoms with E-state index in [-0.39, 0.29) is 5.75 Å². The monoisotopic (exact) mass is 219 g/mol. The number of phenolic OH excluding ortho intramolecular Hbond substituents is 1. The summed E-state index contributed by atoms with van der Waals surface area (Å²) in [6.45, 7) is 0. The van der Waals surface area contributed by atoms with Crippen LogP contribution in [0.3, 0.4) is 0 Å². The molecule has 2 saturated heterocycles. The quantitative estimate of drug-likeness (QED) is 0.671. The van der Waals surface area contributed by atoms with Crippen LogP contribution in [0.15, 0.2) is 24.3 Å². The van der Waals surface area contributed by atoms with Crippen molar-refractivity contribution in [2.45, 2.75) is 43.4 Å². The third-order valence-electron chi connectivity index (χ3n) is 3.91. The van der Waals surface area contributed by atoms with Crippen molar-refractivity contribution in [2.24, 2.45) is 0 Å². The second-order valence-electron chi connectivity index (χ2n) is 5.12. The maximum absolute atomic E-state index is 10.7. The summed E-state index contributed by atoms with van der Waals surface area (Å²) in [6.07, 6.45) is 3.92. The van der Waals surface area contributed by atoms with E-state index in [1.807, 2.05) is 12.1 Å². The smallest absolute Gasteiger partial charge is 0.115 e. The molecule has 2 unspecified atom stereocenters. The Morgan fingerprint density at radius 1 is 1.06 bits per heavy atom. The second kappa shape index (κ2) is 3.47. The van der Waals surface area contributed by atoms with Gasteiger partial charge in [0.2, 0.25) is 0 Å². The molecule has 1 aromatic rings. The first-order valence-electron chi connectivity index (χ1n) is 5.94. The molecule has 0 spiro atoms. The minimum absolute atomic E-state index is 0.254. The first-order valence-corrected chi connectivity index (χ1v) is 5.94. The van der Waals surface area contributed by atoms with Crippen LogP contribution in [-0.4, -0.2) is 22.3 Å². The number of piperidine rings is 1. The van der Waals surface area contributed by atoms with E-state index in [2.05, 4.69) is 5.32 Å². The molecule has 3 rings (SSSR count). The van der Waals surface area contributed by atoms with E-state index in [0.29, 0.717) is 12.1 Å². The molecule has 0 amide bonds. The van der Waals surface area contributed by atoms with Gasteiger partial charge >= 0.3 is 0 Å². The highest BCUT2D eigenvalue weighted by molar-refractivity contribution is 5.31. The summed E-state index contributed by atoms with van der Waals surface area (Å²) in [5.74, 6) is 0.254. The average molecular weight is 219 g/mol. The van der Waals surface area contributed by atoms with Gasteiger partial charge in [-0.2, -0.15) is 0 Å². The van der Waals surface area contributed by atoms with Crippen molar-refractivity contribution in [1.29, 1.82) is 0 Å². The fourth-order valence-corrected chi connectivity index (χ4v) is 3.13. The van der Waals surface area contributed by atoms with Gasteiger partial charge in [0.05, 0.1) is 5.60 Å². The number of benzene rings is 1. The maximum atomic E-state index is 10.7. The van der Waals surface area contributed by atoms with Crippen LogP contribution in [0.1, 0.15) is 31.2 Å². The first kappa shape index (κ1) is 10.1. The molecule has 2 fully saturated rings. The van der Waals surface area contributed by atoms with E-state index in [9.17, 15) is 10.2 Å². The molecule has 2 heterocycles. The third-order valence-corrected chi connectivity index (χ3v) is 3.91. The second-order valence-corrected chi connectivity index (χ2v) is 5.12. The summed E-state index contributed by atoms with van der Waals surface area (Å²) in [6, 6.07) is 7.88. The van der Waals surface area contributed by atoms with Gasteiger partial charge in [-0.3, -0.25) is 0 Å². The van der Waals surface area contributed by atoms with E-state index in [0.717, 1.165) is 18.4 Å². The van der Waals surface area contributed by atoms with E-state index in [1.54, 1.807) is 12.1 Å². The van der Waals surface area contributed by atoms with Gasteiger partial charge in [0.1, 0.15) is 5.75 Å². The fraction of sp³-hybridized carbons (Fsp3) is 0.538. The van der Waals surface area contributed by atoms with Gasteiger partial charge in [0.15, 0.2) is 0 Å². The molecule has 2 bridgehead atoms. The molecule has 0 radical (unpaired) electrons. The maximum Gasteiger partial charge on any atom is 0.115 e. The van der Waals surface area contributed by atoms with Gasteiger partial charge in [0, 0.05) is 12.1 Å². The van der Waals surface area contributed by atoms with Crippen molar-refractivity contribution < 1.29 is 10.2 Å². The van der Waals surface area contributed by atoms with Crippen molar-refractivity contribution in [1.82, 2.24) is 5.32 Å². The zero-order chi connectivity index (χ0) is 11.2. The van der Waals surface area contributed by atoms with Gasteiger partial charge in [-0.25, -0.2) is 0 Å². The van der Waals surface area contributed by atoms with Crippen molar-refractivity contribution in [3.63, 3.8) is 0 Å². The minimum atomic E-state index is -0.704. The number of phenols is 1. The Balaban J connectivity index is 1.90. The van der Waals surface area contributed by atoms with Crippen molar-refractivity contribution in [3.05, 3.63) is 29.8 Å². The molecule has 0 aliphatic carbocycles. The SMILES string of the molecule is Oc1ccc(C2(O)CC3CCC(C2)N3)cc1. The lowest BCUT2D eigenvalue weighted by Crippen LogP contribution is -2.46. The van der Waals surface area contributed by atoms with Gasteiger partial charge < -0.3 is 15.5 Å². The molecule has 3 nitrogen and oxygen atoms in total. The molecule has 86 valence electrons. The number of nitrogens with one attached hydrogen (secondary N) is 1. The van der Waals surface area contributed by atoms with Crippen LogP contribution in [0.5, 0.6) is 5.75 Å². The van der Waals surface area contributed by atoms with Crippen LogP contribution in [0.25, 0.3) is 0 Å². The summed E-state index contributed by atoms with van der Waals surface area (Å²) in [7, 11) is 0. The summed E-state index contributed by atoms with van der Waals surface area (Å²) < 4.78 is 0. The van der Waals surface area contributed by atoms with Crippen molar-refractivity contribution >= 4 is 0 Å². The van der Waals surface area contributed by atoms with Crippen LogP contribution < -0.4 is 5.32 Å². The normalized spacial score (nSPS) is 37.6. The van der Waals surface area contributed by atoms with Crippen LogP contribution in [0, 0.1) is 0 Å². The predicted molar refractivity (Wildman–Crippen MR) is 61.2 cm³/mol. The largest absolute Gasteiger partial charge is 0.508 e. The van der Waals surface area contributed by atoms with E-state index >= 15 is 0 Å². The molecule has 0 aromatic heterocycles. The third kappa shape index (κ3) is 1.60. The number of hydrogen-bond acceptors (Lipinski definition) is 3. The predicted octanol–water partition coefficient (Wildman–Crippen LogP) is 1.49. The highest BCUT2D eigenvalue weighted by Gasteiger charge is 2.43. The highest BCUT2D eigenvalue weighted by atomic mass is 16.3. The standard InChI is InChI=1S/C13H17NO2/c15-12-5-1-9(2-6-12)13(16)7-10-3-4-11(8-13)14-10/h1-2,5-6,10-11,14-16H,3-4,7-8H2. The van der Waals surface area contributed by atoms with Gasteiger partial charge in [-0.1, -0.05) is 12.1 Å². The number of rotatable bonds is 1. The molecular formula is C13H17NO2. The van der Waals surface area contributed by atoms with E-state index in [4.69, 9.17) is 0 Å². The summed E-state index contributed by atoms with van der Waals surface area (Å²) in [5.41, 5.74) is 0.230. The Bertz CT molecular complexity index is 375. The number of fused-ring (bicyclic) bond motifs is 2. The Morgan fingerprint density at radius 2 is 1.62 bits per heavy atom. The van der Waals surface area contributed by atoms with E-state index in [1.165, 1.54) is 12.8 Å². The highest BCUT2D eigenvalue weighted by Crippen LogP contribution is 2.40. The topological polar surface area (TPSA) is 52.5 Å². The summed E-state index contributed by atoms with van der Waals surface area (Å²) >= 11 is 0. The average Bonchev–Trinajstić information content (AvgIpc) is 2.59. The van der Waals surface area contributed by atoms with Gasteiger partial charge in [-0.05, 0) is 43.4 Å². The molecule has 2 aliphatic rings. The van der Waals surface area contributed by atoms with Crippen LogP contribution in [0.4, 0.5) is 0 Å². The van der Waals surface area contributed by atoms with Gasteiger partial charge in [0.25, 0.3) is 0 Å². The Kier molecular flexibility index (Phi) is 2.19. The molecular weight excluding hydrogens is 202 g/mol. The van der Waals surface area contributed by atoms with Crippen molar-refractivity contribution in [3.8, 4) is 5.75 Å². The molecule has 2 atom stereocenters. The first-order chi connectivity index (χ1) is 7.66. The molecule has 16 heavy (non-hydrogen) atoms. The molecule has 0 saturated carbocycles. The Morgan fingerprint density at radius 3 is 2.19 bits per heavy atom. The summed E-state index contributed by atoms with van der Waals surface area (Å²) in [4.78, 5) is 0. The molecule has 3 N–H and O–H groups in total. The Hall–Kier alpha value is -1.06. The molecule has 1 aromatic carbocycles. The van der Waals surface area contributed by atoms with Crippen LogP contribution in [-0.2, 0) is 5.60 Å². The number of aliphatic hydroxyl groups is 1. The lowest BCUT2D eigenvalue weighted by atomic mass is 9.81. The molecule has 2 aliphatic heterocycles. The van der Waals surface area contributed by atoms with Crippen LogP contribution >= 0.6 is 0 Å².